The lowest BCUT2D eigenvalue weighted by Gasteiger charge is -2.27. The highest BCUT2D eigenvalue weighted by Gasteiger charge is 2.26. The van der Waals surface area contributed by atoms with Crippen molar-refractivity contribution in [3.8, 4) is 5.75 Å². The number of phenols is 1. The second-order valence-corrected chi connectivity index (χ2v) is 9.95. The predicted molar refractivity (Wildman–Crippen MR) is 116 cm³/mol. The smallest absolute Gasteiger partial charge is 0.254 e. The van der Waals surface area contributed by atoms with Gasteiger partial charge in [0.05, 0.1) is 12.8 Å². The van der Waals surface area contributed by atoms with E-state index in [0.29, 0.717) is 12.3 Å². The van der Waals surface area contributed by atoms with Gasteiger partial charge in [-0.25, -0.2) is 5.43 Å². The first-order valence-electron chi connectivity index (χ1n) is 10.4. The van der Waals surface area contributed by atoms with Crippen LogP contribution in [0.1, 0.15) is 83.9 Å². The van der Waals surface area contributed by atoms with E-state index in [-0.39, 0.29) is 16.7 Å². The lowest BCUT2D eigenvalue weighted by atomic mass is 9.78. The quantitative estimate of drug-likeness (QED) is 0.597. The number of benzene rings is 1. The Bertz CT molecular complexity index is 669. The number of amides is 1. The molecule has 5 heteroatoms. The standard InChI is InChI=1S/C23H37N3O2/c1-22(2,3)18-13-17(14-19(21(18)28)23(4,5)6)15-24-25-20(27)16-26-11-9-7-8-10-12-26/h13-15,28H,7-12,16H2,1-6H3,(H,25,27). The zero-order valence-corrected chi connectivity index (χ0v) is 18.4. The first-order chi connectivity index (χ1) is 13.0. The average molecular weight is 388 g/mol. The van der Waals surface area contributed by atoms with Crippen LogP contribution in [0.25, 0.3) is 0 Å². The highest BCUT2D eigenvalue weighted by atomic mass is 16.3. The van der Waals surface area contributed by atoms with Crippen LogP contribution in [0.5, 0.6) is 5.75 Å². The van der Waals surface area contributed by atoms with Crippen molar-refractivity contribution in [1.82, 2.24) is 10.3 Å². The van der Waals surface area contributed by atoms with Crippen molar-refractivity contribution in [3.63, 3.8) is 0 Å². The second-order valence-electron chi connectivity index (χ2n) is 9.95. The highest BCUT2D eigenvalue weighted by molar-refractivity contribution is 5.84. The van der Waals surface area contributed by atoms with E-state index < -0.39 is 0 Å². The van der Waals surface area contributed by atoms with Gasteiger partial charge in [0.15, 0.2) is 0 Å². The zero-order chi connectivity index (χ0) is 20.9. The van der Waals surface area contributed by atoms with Gasteiger partial charge in [0.25, 0.3) is 5.91 Å². The normalized spacial score (nSPS) is 16.9. The molecule has 1 amide bonds. The lowest BCUT2D eigenvalue weighted by molar-refractivity contribution is -0.122. The van der Waals surface area contributed by atoms with E-state index in [1.54, 1.807) is 6.21 Å². The van der Waals surface area contributed by atoms with Crippen LogP contribution in [0.3, 0.4) is 0 Å². The van der Waals surface area contributed by atoms with Crippen molar-refractivity contribution in [2.75, 3.05) is 19.6 Å². The van der Waals surface area contributed by atoms with Gasteiger partial charge in [-0.3, -0.25) is 9.69 Å². The van der Waals surface area contributed by atoms with Gasteiger partial charge in [-0.2, -0.15) is 5.10 Å². The number of carbonyl (C=O) groups excluding carboxylic acids is 1. The summed E-state index contributed by atoms with van der Waals surface area (Å²) < 4.78 is 0. The topological polar surface area (TPSA) is 64.9 Å². The Balaban J connectivity index is 2.12. The molecule has 2 rings (SSSR count). The third kappa shape index (κ3) is 6.33. The minimum Gasteiger partial charge on any atom is -0.507 e. The second kappa shape index (κ2) is 9.08. The predicted octanol–water partition coefficient (Wildman–Crippen LogP) is 4.31. The van der Waals surface area contributed by atoms with Crippen LogP contribution in [0.15, 0.2) is 17.2 Å². The van der Waals surface area contributed by atoms with Gasteiger partial charge in [0, 0.05) is 11.1 Å². The fraction of sp³-hybridized carbons (Fsp3) is 0.652. The van der Waals surface area contributed by atoms with E-state index in [2.05, 4.69) is 57.0 Å². The molecule has 0 saturated carbocycles. The summed E-state index contributed by atoms with van der Waals surface area (Å²) in [5.41, 5.74) is 4.93. The number of aromatic hydroxyl groups is 1. The molecule has 1 aliphatic heterocycles. The number of nitrogens with one attached hydrogen (secondary N) is 1. The minimum atomic E-state index is -0.191. The number of hydrazone groups is 1. The maximum atomic E-state index is 12.2. The molecule has 1 aromatic carbocycles. The van der Waals surface area contributed by atoms with E-state index in [4.69, 9.17) is 0 Å². The fourth-order valence-corrected chi connectivity index (χ4v) is 3.59. The molecular weight excluding hydrogens is 350 g/mol. The summed E-state index contributed by atoms with van der Waals surface area (Å²) in [4.78, 5) is 14.4. The van der Waals surface area contributed by atoms with Crippen LogP contribution in [-0.2, 0) is 15.6 Å². The largest absolute Gasteiger partial charge is 0.507 e. The molecule has 1 aliphatic rings. The van der Waals surface area contributed by atoms with Crippen LogP contribution >= 0.6 is 0 Å². The third-order valence-corrected chi connectivity index (χ3v) is 5.22. The maximum absolute atomic E-state index is 12.2. The number of rotatable bonds is 4. The van der Waals surface area contributed by atoms with Gasteiger partial charge in [0.2, 0.25) is 0 Å². The van der Waals surface area contributed by atoms with Gasteiger partial charge in [-0.15, -0.1) is 0 Å². The van der Waals surface area contributed by atoms with Crippen LogP contribution in [0, 0.1) is 0 Å². The average Bonchev–Trinajstić information content (AvgIpc) is 2.82. The lowest BCUT2D eigenvalue weighted by Crippen LogP contribution is -2.35. The monoisotopic (exact) mass is 387 g/mol. The van der Waals surface area contributed by atoms with Crippen LogP contribution in [0.2, 0.25) is 0 Å². The number of hydrogen-bond acceptors (Lipinski definition) is 4. The minimum absolute atomic E-state index is 0.0796. The molecule has 0 unspecified atom stereocenters. The summed E-state index contributed by atoms with van der Waals surface area (Å²) in [6.45, 7) is 14.9. The van der Waals surface area contributed by atoms with Crippen molar-refractivity contribution in [3.05, 3.63) is 28.8 Å². The highest BCUT2D eigenvalue weighted by Crippen LogP contribution is 2.39. The summed E-state index contributed by atoms with van der Waals surface area (Å²) in [6, 6.07) is 3.91. The molecule has 1 aromatic rings. The summed E-state index contributed by atoms with van der Waals surface area (Å²) in [7, 11) is 0. The fourth-order valence-electron chi connectivity index (χ4n) is 3.59. The number of carbonyl (C=O) groups is 1. The Morgan fingerprint density at radius 3 is 2.00 bits per heavy atom. The zero-order valence-electron chi connectivity index (χ0n) is 18.4. The molecule has 0 atom stereocenters. The van der Waals surface area contributed by atoms with E-state index in [1.807, 2.05) is 12.1 Å². The molecule has 0 bridgehead atoms. The number of likely N-dealkylation sites (tertiary alicyclic amines) is 1. The van der Waals surface area contributed by atoms with Gasteiger partial charge in [-0.05, 0) is 54.5 Å². The maximum Gasteiger partial charge on any atom is 0.254 e. The number of hydrogen-bond donors (Lipinski definition) is 2. The molecule has 156 valence electrons. The number of nitrogens with zero attached hydrogens (tertiary/aromatic N) is 2. The summed E-state index contributed by atoms with van der Waals surface area (Å²) >= 11 is 0. The Hall–Kier alpha value is -1.88. The Morgan fingerprint density at radius 1 is 1.04 bits per heavy atom. The third-order valence-electron chi connectivity index (χ3n) is 5.22. The molecule has 1 saturated heterocycles. The first kappa shape index (κ1) is 22.4. The van der Waals surface area contributed by atoms with Crippen molar-refractivity contribution >= 4 is 12.1 Å². The van der Waals surface area contributed by atoms with Gasteiger partial charge >= 0.3 is 0 Å². The molecular formula is C23H37N3O2. The number of phenolic OH excluding ortho intramolecular Hbond substituents is 1. The van der Waals surface area contributed by atoms with Crippen molar-refractivity contribution in [1.29, 1.82) is 0 Å². The Kier molecular flexibility index (Phi) is 7.27. The summed E-state index contributed by atoms with van der Waals surface area (Å²) in [5.74, 6) is 0.270. The van der Waals surface area contributed by atoms with Crippen molar-refractivity contribution in [2.45, 2.75) is 78.1 Å². The Labute approximate surface area is 170 Å². The molecule has 2 N–H and O–H groups in total. The van der Waals surface area contributed by atoms with Gasteiger partial charge < -0.3 is 5.11 Å². The molecule has 0 aromatic heterocycles. The van der Waals surface area contributed by atoms with Gasteiger partial charge in [0.1, 0.15) is 5.75 Å². The molecule has 28 heavy (non-hydrogen) atoms. The van der Waals surface area contributed by atoms with Crippen LogP contribution in [-0.4, -0.2) is 41.8 Å². The molecule has 0 radical (unpaired) electrons. The van der Waals surface area contributed by atoms with E-state index >= 15 is 0 Å². The summed E-state index contributed by atoms with van der Waals surface area (Å²) in [6.07, 6.45) is 6.50. The van der Waals surface area contributed by atoms with E-state index in [9.17, 15) is 9.90 Å². The van der Waals surface area contributed by atoms with E-state index in [0.717, 1.165) is 42.6 Å². The van der Waals surface area contributed by atoms with Crippen molar-refractivity contribution < 1.29 is 9.90 Å². The van der Waals surface area contributed by atoms with E-state index in [1.165, 1.54) is 12.8 Å². The summed E-state index contributed by atoms with van der Waals surface area (Å²) in [5, 5.41) is 15.0. The SMILES string of the molecule is CC(C)(C)c1cc(C=NNC(=O)CN2CCCCCC2)cc(C(C)(C)C)c1O. The van der Waals surface area contributed by atoms with Crippen LogP contribution in [0.4, 0.5) is 0 Å². The molecule has 0 aliphatic carbocycles. The van der Waals surface area contributed by atoms with Crippen molar-refractivity contribution in [2.24, 2.45) is 5.10 Å². The molecule has 1 fully saturated rings. The van der Waals surface area contributed by atoms with Gasteiger partial charge in [-0.1, -0.05) is 54.4 Å². The first-order valence-corrected chi connectivity index (χ1v) is 10.4. The van der Waals surface area contributed by atoms with Crippen LogP contribution < -0.4 is 5.43 Å². The molecule has 0 spiro atoms. The molecule has 1 heterocycles. The molecule has 5 nitrogen and oxygen atoms in total. The Morgan fingerprint density at radius 2 is 1.54 bits per heavy atom.